The number of nitrogens with zero attached hydrogens (tertiary/aromatic N) is 5. The molecule has 2 N–H and O–H groups in total. The molecule has 2 aromatic rings. The Morgan fingerprint density at radius 3 is 2.81 bits per heavy atom. The Hall–Kier alpha value is -1.76. The average Bonchev–Trinajstić information content (AvgIpc) is 3.17. The predicted octanol–water partition coefficient (Wildman–Crippen LogP) is 1.85. The van der Waals surface area contributed by atoms with E-state index in [4.69, 9.17) is 10.3 Å². The van der Waals surface area contributed by atoms with Crippen molar-refractivity contribution in [1.82, 2.24) is 25.1 Å². The van der Waals surface area contributed by atoms with Gasteiger partial charge in [0.1, 0.15) is 6.54 Å². The minimum atomic E-state index is 0.385. The highest BCUT2D eigenvalue weighted by atomic mass is 16.5. The van der Waals surface area contributed by atoms with Crippen LogP contribution < -0.4 is 5.73 Å². The van der Waals surface area contributed by atoms with Gasteiger partial charge in [-0.05, 0) is 31.6 Å². The smallest absolute Gasteiger partial charge is 0.248 e. The molecule has 3 rings (SSSR count). The number of aromatic nitrogens is 5. The van der Waals surface area contributed by atoms with Crippen molar-refractivity contribution >= 4 is 0 Å². The van der Waals surface area contributed by atoms with E-state index >= 15 is 0 Å². The normalized spacial score (nSPS) is 22.6. The Labute approximate surface area is 123 Å². The number of nitrogens with two attached hydrogens (primary N) is 1. The molecule has 7 nitrogen and oxygen atoms in total. The van der Waals surface area contributed by atoms with Gasteiger partial charge in [0.15, 0.2) is 5.82 Å². The first-order valence-electron chi connectivity index (χ1n) is 7.70. The van der Waals surface area contributed by atoms with Crippen LogP contribution in [-0.4, -0.2) is 25.1 Å². The summed E-state index contributed by atoms with van der Waals surface area (Å²) in [4.78, 5) is 4.52. The maximum Gasteiger partial charge on any atom is 0.248 e. The molecule has 2 heterocycles. The van der Waals surface area contributed by atoms with Crippen LogP contribution in [0.1, 0.15) is 62.4 Å². The average molecular weight is 290 g/mol. The van der Waals surface area contributed by atoms with Gasteiger partial charge in [0, 0.05) is 12.5 Å². The summed E-state index contributed by atoms with van der Waals surface area (Å²) in [6.07, 6.45) is 7.95. The van der Waals surface area contributed by atoms with Crippen LogP contribution in [0.3, 0.4) is 0 Å². The lowest BCUT2D eigenvalue weighted by Crippen LogP contribution is -2.13. The van der Waals surface area contributed by atoms with Crippen LogP contribution in [0, 0.1) is 5.92 Å². The summed E-state index contributed by atoms with van der Waals surface area (Å²) in [7, 11) is 0. The van der Waals surface area contributed by atoms with Gasteiger partial charge in [-0.1, -0.05) is 23.7 Å². The van der Waals surface area contributed by atoms with Gasteiger partial charge < -0.3 is 10.3 Å². The van der Waals surface area contributed by atoms with E-state index in [1.165, 1.54) is 19.3 Å². The fourth-order valence-corrected chi connectivity index (χ4v) is 2.97. The van der Waals surface area contributed by atoms with E-state index < -0.39 is 0 Å². The van der Waals surface area contributed by atoms with E-state index in [0.29, 0.717) is 24.9 Å². The molecule has 0 amide bonds. The van der Waals surface area contributed by atoms with Gasteiger partial charge in [0.2, 0.25) is 5.89 Å². The van der Waals surface area contributed by atoms with Crippen molar-refractivity contribution in [2.24, 2.45) is 11.7 Å². The molecule has 1 aliphatic rings. The molecule has 1 fully saturated rings. The summed E-state index contributed by atoms with van der Waals surface area (Å²) in [5, 5.41) is 12.1. The minimum Gasteiger partial charge on any atom is -0.337 e. The third-order valence-electron chi connectivity index (χ3n) is 4.37. The van der Waals surface area contributed by atoms with Crippen LogP contribution in [-0.2, 0) is 13.1 Å². The summed E-state index contributed by atoms with van der Waals surface area (Å²) in [5.41, 5.74) is 6.27. The van der Waals surface area contributed by atoms with Gasteiger partial charge >= 0.3 is 0 Å². The van der Waals surface area contributed by atoms with Gasteiger partial charge in [-0.2, -0.15) is 4.98 Å². The lowest BCUT2D eigenvalue weighted by Gasteiger charge is -2.25. The molecule has 0 radical (unpaired) electrons. The van der Waals surface area contributed by atoms with Crippen LogP contribution in [0.2, 0.25) is 0 Å². The van der Waals surface area contributed by atoms with Gasteiger partial charge in [-0.15, -0.1) is 5.10 Å². The van der Waals surface area contributed by atoms with Gasteiger partial charge in [0.25, 0.3) is 0 Å². The molecule has 0 aromatic carbocycles. The zero-order valence-corrected chi connectivity index (χ0v) is 12.4. The highest BCUT2D eigenvalue weighted by molar-refractivity contribution is 4.98. The van der Waals surface area contributed by atoms with Crippen LogP contribution in [0.15, 0.2) is 10.7 Å². The monoisotopic (exact) mass is 290 g/mol. The Morgan fingerprint density at radius 1 is 1.33 bits per heavy atom. The summed E-state index contributed by atoms with van der Waals surface area (Å²) in [6, 6.07) is 0. The first-order valence-corrected chi connectivity index (χ1v) is 7.70. The summed E-state index contributed by atoms with van der Waals surface area (Å²) >= 11 is 0. The number of rotatable bonds is 5. The third-order valence-corrected chi connectivity index (χ3v) is 4.37. The SMILES string of the molecule is CCC1CCC(c2noc(Cn3cc(CN)nn3)n2)CC1. The van der Waals surface area contributed by atoms with E-state index in [1.54, 1.807) is 10.9 Å². The van der Waals surface area contributed by atoms with E-state index in [9.17, 15) is 0 Å². The van der Waals surface area contributed by atoms with Crippen molar-refractivity contribution in [2.45, 2.75) is 58.0 Å². The van der Waals surface area contributed by atoms with Crippen LogP contribution in [0.5, 0.6) is 0 Å². The van der Waals surface area contributed by atoms with Crippen molar-refractivity contribution in [2.75, 3.05) is 0 Å². The Kier molecular flexibility index (Phi) is 4.28. The lowest BCUT2D eigenvalue weighted by molar-refractivity contribution is 0.302. The van der Waals surface area contributed by atoms with E-state index in [-0.39, 0.29) is 0 Å². The first-order chi connectivity index (χ1) is 10.3. The quantitative estimate of drug-likeness (QED) is 0.902. The van der Waals surface area contributed by atoms with Crippen molar-refractivity contribution in [3.8, 4) is 0 Å². The van der Waals surface area contributed by atoms with Gasteiger partial charge in [0.05, 0.1) is 11.9 Å². The first kappa shape index (κ1) is 14.2. The third kappa shape index (κ3) is 3.29. The lowest BCUT2D eigenvalue weighted by atomic mass is 9.80. The van der Waals surface area contributed by atoms with Crippen molar-refractivity contribution < 1.29 is 4.52 Å². The van der Waals surface area contributed by atoms with Crippen LogP contribution in [0.25, 0.3) is 0 Å². The molecule has 0 atom stereocenters. The van der Waals surface area contributed by atoms with Crippen LogP contribution >= 0.6 is 0 Å². The summed E-state index contributed by atoms with van der Waals surface area (Å²) < 4.78 is 7.01. The van der Waals surface area contributed by atoms with Crippen molar-refractivity contribution in [3.63, 3.8) is 0 Å². The molecule has 0 aliphatic heterocycles. The predicted molar refractivity (Wildman–Crippen MR) is 76.3 cm³/mol. The number of hydrogen-bond acceptors (Lipinski definition) is 6. The largest absolute Gasteiger partial charge is 0.337 e. The Morgan fingerprint density at radius 2 is 2.14 bits per heavy atom. The highest BCUT2D eigenvalue weighted by Gasteiger charge is 2.25. The fourth-order valence-electron chi connectivity index (χ4n) is 2.97. The molecular formula is C14H22N6O. The molecule has 0 unspecified atom stereocenters. The number of hydrogen-bond donors (Lipinski definition) is 1. The van der Waals surface area contributed by atoms with Crippen molar-refractivity contribution in [3.05, 3.63) is 23.6 Å². The highest BCUT2D eigenvalue weighted by Crippen LogP contribution is 2.35. The molecule has 1 saturated carbocycles. The van der Waals surface area contributed by atoms with E-state index in [1.807, 2.05) is 0 Å². The molecule has 7 heteroatoms. The summed E-state index contributed by atoms with van der Waals surface area (Å²) in [5.74, 6) is 2.74. The van der Waals surface area contributed by atoms with Crippen molar-refractivity contribution in [1.29, 1.82) is 0 Å². The van der Waals surface area contributed by atoms with Gasteiger partial charge in [-0.25, -0.2) is 4.68 Å². The maximum atomic E-state index is 5.51. The molecule has 114 valence electrons. The molecule has 21 heavy (non-hydrogen) atoms. The van der Waals surface area contributed by atoms with Crippen LogP contribution in [0.4, 0.5) is 0 Å². The maximum absolute atomic E-state index is 5.51. The Bertz CT molecular complexity index is 570. The molecule has 0 spiro atoms. The molecule has 0 saturated heterocycles. The van der Waals surface area contributed by atoms with E-state index in [0.717, 1.165) is 30.3 Å². The van der Waals surface area contributed by atoms with Gasteiger partial charge in [-0.3, -0.25) is 0 Å². The minimum absolute atomic E-state index is 0.385. The summed E-state index contributed by atoms with van der Waals surface area (Å²) in [6.45, 7) is 3.10. The topological polar surface area (TPSA) is 95.7 Å². The Balaban J connectivity index is 1.61. The second-order valence-electron chi connectivity index (χ2n) is 5.78. The van der Waals surface area contributed by atoms with E-state index in [2.05, 4.69) is 27.4 Å². The molecule has 1 aliphatic carbocycles. The molecule has 0 bridgehead atoms. The zero-order valence-electron chi connectivity index (χ0n) is 12.4. The standard InChI is InChI=1S/C14H22N6O/c1-2-10-3-5-11(6-4-10)14-16-13(21-18-14)9-20-8-12(7-15)17-19-20/h8,10-11H,2-7,9,15H2,1H3. The molecule has 2 aromatic heterocycles. The second kappa shape index (κ2) is 6.34. The zero-order chi connectivity index (χ0) is 14.7. The molecular weight excluding hydrogens is 268 g/mol. The second-order valence-corrected chi connectivity index (χ2v) is 5.78. The fraction of sp³-hybridized carbons (Fsp3) is 0.714.